The van der Waals surface area contributed by atoms with Crippen molar-refractivity contribution in [2.75, 3.05) is 0 Å². The molecule has 0 heterocycles. The van der Waals surface area contributed by atoms with E-state index in [1.54, 1.807) is 6.08 Å². The van der Waals surface area contributed by atoms with E-state index < -0.39 is 10.7 Å². The van der Waals surface area contributed by atoms with Gasteiger partial charge in [0, 0.05) is 5.41 Å². The Hall–Kier alpha value is -0.310. The van der Waals surface area contributed by atoms with Gasteiger partial charge >= 0.3 is 0 Å². The van der Waals surface area contributed by atoms with Gasteiger partial charge in [0.1, 0.15) is 0 Å². The smallest absolute Gasteiger partial charge is 0.161 e. The van der Waals surface area contributed by atoms with Crippen LogP contribution < -0.4 is 0 Å². The first kappa shape index (κ1) is 7.69. The van der Waals surface area contributed by atoms with Crippen LogP contribution in [0.15, 0.2) is 11.5 Å². The third-order valence-corrected chi connectivity index (χ3v) is 1.14. The quantitative estimate of drug-likeness (QED) is 0.582. The van der Waals surface area contributed by atoms with E-state index in [0.717, 1.165) is 12.8 Å². The minimum Gasteiger partial charge on any atom is -0.227 e. The molecular weight excluding hydrogens is 124 g/mol. The summed E-state index contributed by atoms with van der Waals surface area (Å²) in [6.45, 7) is 2.00. The second kappa shape index (κ2) is 4.84. The Morgan fingerprint density at radius 2 is 2.12 bits per heavy atom. The van der Waals surface area contributed by atoms with Crippen molar-refractivity contribution in [3.63, 3.8) is 0 Å². The van der Waals surface area contributed by atoms with Crippen molar-refractivity contribution in [2.45, 2.75) is 19.8 Å². The maximum atomic E-state index is 9.82. The van der Waals surface area contributed by atoms with Gasteiger partial charge in [0.25, 0.3) is 0 Å². The van der Waals surface area contributed by atoms with Gasteiger partial charge in [0.2, 0.25) is 0 Å². The molecular formula is C5H10O2S. The summed E-state index contributed by atoms with van der Waals surface area (Å²) < 4.78 is 19.6. The second-order valence-corrected chi connectivity index (χ2v) is 2.33. The summed E-state index contributed by atoms with van der Waals surface area (Å²) in [7, 11) is -2.29. The van der Waals surface area contributed by atoms with Crippen molar-refractivity contribution in [3.05, 3.63) is 11.5 Å². The highest BCUT2D eigenvalue weighted by Gasteiger charge is 1.72. The van der Waals surface area contributed by atoms with Crippen molar-refractivity contribution in [2.24, 2.45) is 0 Å². The van der Waals surface area contributed by atoms with Gasteiger partial charge in [0.05, 0.1) is 0 Å². The molecule has 0 aliphatic carbocycles. The van der Waals surface area contributed by atoms with Crippen LogP contribution in [0.25, 0.3) is 0 Å². The zero-order valence-corrected chi connectivity index (χ0v) is 5.73. The van der Waals surface area contributed by atoms with Crippen LogP contribution >= 0.6 is 0 Å². The molecule has 0 N–H and O–H groups in total. The van der Waals surface area contributed by atoms with E-state index in [0.29, 0.717) is 0 Å². The van der Waals surface area contributed by atoms with Crippen molar-refractivity contribution in [1.82, 2.24) is 0 Å². The van der Waals surface area contributed by atoms with Crippen LogP contribution in [0.4, 0.5) is 0 Å². The molecule has 0 unspecified atom stereocenters. The molecule has 0 aromatic rings. The van der Waals surface area contributed by atoms with E-state index in [1.165, 1.54) is 5.41 Å². The first-order valence-corrected chi connectivity index (χ1v) is 3.82. The largest absolute Gasteiger partial charge is 0.227 e. The van der Waals surface area contributed by atoms with E-state index >= 15 is 0 Å². The maximum absolute atomic E-state index is 9.82. The topological polar surface area (TPSA) is 34.1 Å². The molecule has 0 radical (unpaired) electrons. The van der Waals surface area contributed by atoms with Crippen molar-refractivity contribution in [1.29, 1.82) is 0 Å². The Bertz CT molecular complexity index is 127. The van der Waals surface area contributed by atoms with Crippen LogP contribution in [0.5, 0.6) is 0 Å². The molecule has 0 aliphatic rings. The van der Waals surface area contributed by atoms with Gasteiger partial charge in [-0.25, -0.2) is 8.42 Å². The number of hydrogen-bond donors (Lipinski definition) is 1. The average molecular weight is 134 g/mol. The summed E-state index contributed by atoms with van der Waals surface area (Å²) in [6, 6.07) is 0. The highest BCUT2D eigenvalue weighted by atomic mass is 32.2. The first-order chi connectivity index (χ1) is 3.77. The fourth-order valence-corrected chi connectivity index (χ4v) is 0.648. The molecule has 0 aromatic carbocycles. The predicted octanol–water partition coefficient (Wildman–Crippen LogP) is 0.912. The van der Waals surface area contributed by atoms with Gasteiger partial charge in [-0.15, -0.1) is 0 Å². The standard InChI is InChI=1S/C5H10O2S/c1-2-3-4-5-8(6)7/h4-5,8H,2-3H2,1H3. The van der Waals surface area contributed by atoms with Crippen LogP contribution in [0.3, 0.4) is 0 Å². The Morgan fingerprint density at radius 1 is 1.50 bits per heavy atom. The van der Waals surface area contributed by atoms with E-state index in [1.807, 2.05) is 6.92 Å². The fourth-order valence-electron chi connectivity index (χ4n) is 0.327. The lowest BCUT2D eigenvalue weighted by molar-refractivity contribution is 0.621. The molecule has 0 rings (SSSR count). The molecule has 48 valence electrons. The summed E-state index contributed by atoms with van der Waals surface area (Å²) in [5.41, 5.74) is 0. The van der Waals surface area contributed by atoms with Gasteiger partial charge in [-0.1, -0.05) is 19.4 Å². The van der Waals surface area contributed by atoms with Gasteiger partial charge in [0.15, 0.2) is 10.7 Å². The van der Waals surface area contributed by atoms with Gasteiger partial charge < -0.3 is 0 Å². The molecule has 0 aromatic heterocycles. The Morgan fingerprint density at radius 3 is 2.50 bits per heavy atom. The van der Waals surface area contributed by atoms with Crippen LogP contribution in [0.1, 0.15) is 19.8 Å². The van der Waals surface area contributed by atoms with Crippen molar-refractivity contribution in [3.8, 4) is 0 Å². The molecule has 0 spiro atoms. The molecule has 0 fully saturated rings. The minimum atomic E-state index is -2.29. The van der Waals surface area contributed by atoms with Gasteiger partial charge in [-0.2, -0.15) is 0 Å². The van der Waals surface area contributed by atoms with E-state index in [4.69, 9.17) is 0 Å². The Kier molecular flexibility index (Phi) is 4.65. The van der Waals surface area contributed by atoms with Gasteiger partial charge in [-0.3, -0.25) is 0 Å². The zero-order chi connectivity index (χ0) is 6.41. The van der Waals surface area contributed by atoms with E-state index in [-0.39, 0.29) is 0 Å². The maximum Gasteiger partial charge on any atom is 0.161 e. The third-order valence-electron chi connectivity index (χ3n) is 0.682. The minimum absolute atomic E-state index is 0.851. The second-order valence-electron chi connectivity index (χ2n) is 1.46. The highest BCUT2D eigenvalue weighted by molar-refractivity contribution is 7.75. The number of thiol groups is 1. The van der Waals surface area contributed by atoms with E-state index in [9.17, 15) is 8.42 Å². The molecule has 0 bridgehead atoms. The summed E-state index contributed by atoms with van der Waals surface area (Å²) in [5, 5.41) is 1.21. The first-order valence-electron chi connectivity index (χ1n) is 2.57. The van der Waals surface area contributed by atoms with Crippen LogP contribution in [0.2, 0.25) is 0 Å². The molecule has 0 saturated carbocycles. The predicted molar refractivity (Wildman–Crippen MR) is 34.4 cm³/mol. The van der Waals surface area contributed by atoms with Crippen molar-refractivity contribution >= 4 is 10.7 Å². The Labute approximate surface area is 51.2 Å². The summed E-state index contributed by atoms with van der Waals surface area (Å²) in [6.07, 6.45) is 3.51. The summed E-state index contributed by atoms with van der Waals surface area (Å²) >= 11 is 0. The van der Waals surface area contributed by atoms with Gasteiger partial charge in [-0.05, 0) is 6.42 Å². The van der Waals surface area contributed by atoms with Crippen LogP contribution in [-0.2, 0) is 10.7 Å². The third kappa shape index (κ3) is 5.69. The molecule has 0 aliphatic heterocycles. The monoisotopic (exact) mass is 134 g/mol. The summed E-state index contributed by atoms with van der Waals surface area (Å²) in [5.74, 6) is 0. The fraction of sp³-hybridized carbons (Fsp3) is 0.600. The Balaban J connectivity index is 3.35. The number of hydrogen-bond acceptors (Lipinski definition) is 2. The van der Waals surface area contributed by atoms with Crippen molar-refractivity contribution < 1.29 is 8.42 Å². The molecule has 8 heavy (non-hydrogen) atoms. The molecule has 0 atom stereocenters. The molecule has 0 saturated heterocycles. The molecule has 0 amide bonds. The zero-order valence-electron chi connectivity index (χ0n) is 4.83. The van der Waals surface area contributed by atoms with Crippen LogP contribution in [-0.4, -0.2) is 8.42 Å². The molecule has 3 heteroatoms. The number of allylic oxidation sites excluding steroid dienone is 1. The highest BCUT2D eigenvalue weighted by Crippen LogP contribution is 1.86. The average Bonchev–Trinajstić information content (AvgIpc) is 1.66. The molecule has 2 nitrogen and oxygen atoms in total. The van der Waals surface area contributed by atoms with Crippen LogP contribution in [0, 0.1) is 0 Å². The normalized spacial score (nSPS) is 11.2. The lowest BCUT2D eigenvalue weighted by Gasteiger charge is -1.76. The number of rotatable bonds is 3. The number of unbranched alkanes of at least 4 members (excludes halogenated alkanes) is 1. The lowest BCUT2D eigenvalue weighted by atomic mass is 10.3. The van der Waals surface area contributed by atoms with E-state index in [2.05, 4.69) is 0 Å². The summed E-state index contributed by atoms with van der Waals surface area (Å²) in [4.78, 5) is 0. The SMILES string of the molecule is CCCC=C[SH](=O)=O. The lowest BCUT2D eigenvalue weighted by Crippen LogP contribution is -1.64.